The number of benzene rings is 1. The molecule has 0 atom stereocenters. The molecule has 10 heteroatoms. The second-order valence-corrected chi connectivity index (χ2v) is 7.38. The Morgan fingerprint density at radius 2 is 1.79 bits per heavy atom. The molecule has 0 N–H and O–H groups in total. The number of nitro groups is 1. The molecule has 1 saturated heterocycles. The zero-order valence-electron chi connectivity index (χ0n) is 15.7. The first-order valence-electron chi connectivity index (χ1n) is 8.90. The molecule has 1 aliphatic rings. The second kappa shape index (κ2) is 8.82. The van der Waals surface area contributed by atoms with Crippen molar-refractivity contribution < 1.29 is 24.0 Å². The molecule has 0 saturated carbocycles. The summed E-state index contributed by atoms with van der Waals surface area (Å²) in [6.45, 7) is 2.51. The number of nitrogens with zero attached hydrogens (tertiary/aromatic N) is 3. The maximum absolute atomic E-state index is 12.3. The largest absolute Gasteiger partial charge is 0.452 e. The number of thiophene rings is 1. The van der Waals surface area contributed by atoms with Gasteiger partial charge in [0.15, 0.2) is 6.61 Å². The van der Waals surface area contributed by atoms with Gasteiger partial charge in [-0.05, 0) is 24.4 Å². The van der Waals surface area contributed by atoms with E-state index in [1.165, 1.54) is 41.4 Å². The predicted molar refractivity (Wildman–Crippen MR) is 105 cm³/mol. The summed E-state index contributed by atoms with van der Waals surface area (Å²) < 4.78 is 5.06. The lowest BCUT2D eigenvalue weighted by Crippen LogP contribution is -2.51. The Morgan fingerprint density at radius 3 is 2.41 bits per heavy atom. The van der Waals surface area contributed by atoms with Crippen LogP contribution in [0.3, 0.4) is 0 Å². The number of carbonyl (C=O) groups is 3. The van der Waals surface area contributed by atoms with E-state index in [2.05, 4.69) is 0 Å². The van der Waals surface area contributed by atoms with Gasteiger partial charge in [-0.25, -0.2) is 4.79 Å². The van der Waals surface area contributed by atoms with Gasteiger partial charge in [0.1, 0.15) is 0 Å². The van der Waals surface area contributed by atoms with Crippen LogP contribution in [0.2, 0.25) is 0 Å². The van der Waals surface area contributed by atoms with E-state index in [9.17, 15) is 24.5 Å². The van der Waals surface area contributed by atoms with Gasteiger partial charge < -0.3 is 14.5 Å². The fourth-order valence-corrected chi connectivity index (χ4v) is 3.74. The quantitative estimate of drug-likeness (QED) is 0.419. The highest BCUT2D eigenvalue weighted by atomic mass is 32.1. The van der Waals surface area contributed by atoms with Crippen molar-refractivity contribution in [1.82, 2.24) is 9.80 Å². The van der Waals surface area contributed by atoms with Gasteiger partial charge in [-0.2, -0.15) is 0 Å². The van der Waals surface area contributed by atoms with Crippen molar-refractivity contribution in [3.8, 4) is 0 Å². The summed E-state index contributed by atoms with van der Waals surface area (Å²) in [5.41, 5.74) is 0.0614. The van der Waals surface area contributed by atoms with Crippen molar-refractivity contribution in [2.75, 3.05) is 32.8 Å². The summed E-state index contributed by atoms with van der Waals surface area (Å²) in [4.78, 5) is 51.2. The van der Waals surface area contributed by atoms with Crippen molar-refractivity contribution in [3.63, 3.8) is 0 Å². The van der Waals surface area contributed by atoms with E-state index in [4.69, 9.17) is 4.74 Å². The number of amides is 2. The van der Waals surface area contributed by atoms with Crippen LogP contribution in [-0.4, -0.2) is 65.3 Å². The maximum Gasteiger partial charge on any atom is 0.339 e. The first-order chi connectivity index (χ1) is 13.9. The SMILES string of the molecule is Cc1c(C(=O)OCC(=O)N2CCN(C(=O)c3cccs3)CC2)cccc1[N+](=O)[O-]. The van der Waals surface area contributed by atoms with Crippen molar-refractivity contribution in [2.45, 2.75) is 6.92 Å². The van der Waals surface area contributed by atoms with E-state index < -0.39 is 17.5 Å². The van der Waals surface area contributed by atoms with Gasteiger partial charge >= 0.3 is 5.97 Å². The summed E-state index contributed by atoms with van der Waals surface area (Å²) in [6.07, 6.45) is 0. The molecule has 0 spiro atoms. The molecule has 1 aromatic carbocycles. The number of ether oxygens (including phenoxy) is 1. The van der Waals surface area contributed by atoms with Gasteiger partial charge in [0, 0.05) is 37.8 Å². The van der Waals surface area contributed by atoms with E-state index in [-0.39, 0.29) is 28.6 Å². The number of carbonyl (C=O) groups excluding carboxylic acids is 3. The molecule has 0 unspecified atom stereocenters. The fourth-order valence-electron chi connectivity index (χ4n) is 3.05. The summed E-state index contributed by atoms with van der Waals surface area (Å²) >= 11 is 1.37. The standard InChI is InChI=1S/C19H19N3O6S/c1-13-14(4-2-5-15(13)22(26)27)19(25)28-12-17(23)20-7-9-21(10-8-20)18(24)16-6-3-11-29-16/h2-6,11H,7-10,12H2,1H3. The highest BCUT2D eigenvalue weighted by Gasteiger charge is 2.26. The zero-order valence-corrected chi connectivity index (χ0v) is 16.5. The molecular weight excluding hydrogens is 398 g/mol. The molecule has 1 aromatic heterocycles. The molecule has 0 bridgehead atoms. The Labute approximate surface area is 170 Å². The fraction of sp³-hybridized carbons (Fsp3) is 0.316. The van der Waals surface area contributed by atoms with Gasteiger partial charge in [0.05, 0.1) is 15.4 Å². The molecule has 2 amide bonds. The minimum absolute atomic E-state index is 0.0540. The Kier molecular flexibility index (Phi) is 6.23. The van der Waals surface area contributed by atoms with Gasteiger partial charge in [-0.15, -0.1) is 11.3 Å². The molecular formula is C19H19N3O6S. The lowest BCUT2D eigenvalue weighted by Gasteiger charge is -2.34. The Hall–Kier alpha value is -3.27. The van der Waals surface area contributed by atoms with Crippen LogP contribution in [0, 0.1) is 17.0 Å². The molecule has 0 radical (unpaired) electrons. The Bertz CT molecular complexity index is 935. The van der Waals surface area contributed by atoms with E-state index in [1.54, 1.807) is 11.0 Å². The van der Waals surface area contributed by atoms with Crippen molar-refractivity contribution in [1.29, 1.82) is 0 Å². The molecule has 2 aromatic rings. The Morgan fingerprint density at radius 1 is 1.10 bits per heavy atom. The third-order valence-corrected chi connectivity index (χ3v) is 5.56. The molecule has 3 rings (SSSR count). The smallest absolute Gasteiger partial charge is 0.339 e. The monoisotopic (exact) mass is 417 g/mol. The first-order valence-corrected chi connectivity index (χ1v) is 9.78. The van der Waals surface area contributed by atoms with E-state index in [0.29, 0.717) is 31.1 Å². The summed E-state index contributed by atoms with van der Waals surface area (Å²) in [7, 11) is 0. The second-order valence-electron chi connectivity index (χ2n) is 6.43. The number of rotatable bonds is 5. The van der Waals surface area contributed by atoms with Gasteiger partial charge in [0.2, 0.25) is 0 Å². The van der Waals surface area contributed by atoms with Crippen LogP contribution < -0.4 is 0 Å². The lowest BCUT2D eigenvalue weighted by atomic mass is 10.1. The summed E-state index contributed by atoms with van der Waals surface area (Å²) in [6, 6.07) is 7.70. The first kappa shape index (κ1) is 20.5. The van der Waals surface area contributed by atoms with Crippen molar-refractivity contribution in [2.24, 2.45) is 0 Å². The van der Waals surface area contributed by atoms with Crippen LogP contribution in [0.4, 0.5) is 5.69 Å². The molecule has 152 valence electrons. The van der Waals surface area contributed by atoms with E-state index >= 15 is 0 Å². The highest BCUT2D eigenvalue weighted by molar-refractivity contribution is 7.12. The van der Waals surface area contributed by atoms with Crippen molar-refractivity contribution in [3.05, 3.63) is 61.8 Å². The van der Waals surface area contributed by atoms with Gasteiger partial charge in [-0.1, -0.05) is 12.1 Å². The third kappa shape index (κ3) is 4.60. The normalized spacial score (nSPS) is 13.8. The zero-order chi connectivity index (χ0) is 21.0. The molecule has 29 heavy (non-hydrogen) atoms. The number of esters is 1. The van der Waals surface area contributed by atoms with Gasteiger partial charge in [-0.3, -0.25) is 19.7 Å². The van der Waals surface area contributed by atoms with E-state index in [1.807, 2.05) is 11.4 Å². The average molecular weight is 417 g/mol. The van der Waals surface area contributed by atoms with Crippen LogP contribution in [0.15, 0.2) is 35.7 Å². The molecule has 1 aliphatic heterocycles. The van der Waals surface area contributed by atoms with Gasteiger partial charge in [0.25, 0.3) is 17.5 Å². The minimum Gasteiger partial charge on any atom is -0.452 e. The minimum atomic E-state index is -0.786. The summed E-state index contributed by atoms with van der Waals surface area (Å²) in [5, 5.41) is 12.8. The number of piperazine rings is 1. The molecule has 9 nitrogen and oxygen atoms in total. The summed E-state index contributed by atoms with van der Waals surface area (Å²) in [5.74, 6) is -1.21. The lowest BCUT2D eigenvalue weighted by molar-refractivity contribution is -0.385. The number of hydrogen-bond donors (Lipinski definition) is 0. The maximum atomic E-state index is 12.3. The average Bonchev–Trinajstić information content (AvgIpc) is 3.26. The highest BCUT2D eigenvalue weighted by Crippen LogP contribution is 2.21. The third-order valence-electron chi connectivity index (χ3n) is 4.70. The van der Waals surface area contributed by atoms with Crippen LogP contribution >= 0.6 is 11.3 Å². The number of nitro benzene ring substituents is 1. The topological polar surface area (TPSA) is 110 Å². The Balaban J connectivity index is 1.52. The predicted octanol–water partition coefficient (Wildman–Crippen LogP) is 2.11. The van der Waals surface area contributed by atoms with E-state index in [0.717, 1.165) is 0 Å². The van der Waals surface area contributed by atoms with Crippen LogP contribution in [-0.2, 0) is 9.53 Å². The number of hydrogen-bond acceptors (Lipinski definition) is 7. The molecule has 2 heterocycles. The molecule has 1 fully saturated rings. The molecule has 0 aliphatic carbocycles. The van der Waals surface area contributed by atoms with Crippen LogP contribution in [0.5, 0.6) is 0 Å². The van der Waals surface area contributed by atoms with Crippen LogP contribution in [0.25, 0.3) is 0 Å². The van der Waals surface area contributed by atoms with Crippen LogP contribution in [0.1, 0.15) is 25.6 Å². The van der Waals surface area contributed by atoms with Crippen molar-refractivity contribution >= 4 is 34.8 Å².